The Labute approximate surface area is 203 Å². The van der Waals surface area contributed by atoms with Gasteiger partial charge in [-0.05, 0) is 72.8 Å². The number of hydrogen-bond acceptors (Lipinski definition) is 9. The monoisotopic (exact) mass is 486 g/mol. The van der Waals surface area contributed by atoms with Crippen molar-refractivity contribution in [1.29, 1.82) is 0 Å². The second-order valence-electron chi connectivity index (χ2n) is 7.16. The molecule has 1 heterocycles. The Morgan fingerprint density at radius 3 is 0.861 bits per heavy atom. The van der Waals surface area contributed by atoms with E-state index in [1.807, 2.05) is 0 Å². The third-order valence-corrected chi connectivity index (χ3v) is 4.62. The largest absolute Gasteiger partial charge is 0.424 e. The van der Waals surface area contributed by atoms with Gasteiger partial charge in [-0.3, -0.25) is 14.4 Å². The van der Waals surface area contributed by atoms with Crippen molar-refractivity contribution < 1.29 is 28.6 Å². The SMILES string of the molecule is NC(=O)c1ccc(Oc2nc(Oc3ccc(C(N)=O)cc3)nc(Oc3ccc(C(N)=O)cc3)n2)cc1. The minimum absolute atomic E-state index is 0.177. The Balaban J connectivity index is 1.62. The van der Waals surface area contributed by atoms with Gasteiger partial charge in [-0.25, -0.2) is 0 Å². The predicted molar refractivity (Wildman–Crippen MR) is 125 cm³/mol. The van der Waals surface area contributed by atoms with Gasteiger partial charge in [0.2, 0.25) is 17.7 Å². The minimum Gasteiger partial charge on any atom is -0.424 e. The number of carbonyl (C=O) groups excluding carboxylic acids is 3. The molecule has 0 aliphatic rings. The zero-order chi connectivity index (χ0) is 25.7. The fourth-order valence-electron chi connectivity index (χ4n) is 2.84. The van der Waals surface area contributed by atoms with Crippen LogP contribution in [0.5, 0.6) is 35.3 Å². The summed E-state index contributed by atoms with van der Waals surface area (Å²) >= 11 is 0. The fourth-order valence-corrected chi connectivity index (χ4v) is 2.84. The molecule has 3 amide bonds. The van der Waals surface area contributed by atoms with Crippen molar-refractivity contribution in [1.82, 2.24) is 15.0 Å². The Bertz CT molecular complexity index is 1240. The number of hydrogen-bond donors (Lipinski definition) is 3. The van der Waals surface area contributed by atoms with E-state index < -0.39 is 17.7 Å². The summed E-state index contributed by atoms with van der Waals surface area (Å²) in [7, 11) is 0. The second-order valence-corrected chi connectivity index (χ2v) is 7.16. The normalized spacial score (nSPS) is 10.3. The number of benzene rings is 3. The Morgan fingerprint density at radius 1 is 0.444 bits per heavy atom. The Kier molecular flexibility index (Phi) is 6.68. The Hall–Kier alpha value is -5.52. The van der Waals surface area contributed by atoms with Crippen LogP contribution in [0.4, 0.5) is 0 Å². The van der Waals surface area contributed by atoms with Gasteiger partial charge in [-0.2, -0.15) is 0 Å². The molecule has 0 saturated carbocycles. The van der Waals surface area contributed by atoms with Crippen LogP contribution in [0.25, 0.3) is 0 Å². The van der Waals surface area contributed by atoms with Gasteiger partial charge >= 0.3 is 18.0 Å². The molecule has 0 unspecified atom stereocenters. The average Bonchev–Trinajstić information content (AvgIpc) is 2.85. The van der Waals surface area contributed by atoms with Crippen molar-refractivity contribution in [2.75, 3.05) is 0 Å². The van der Waals surface area contributed by atoms with E-state index in [-0.39, 0.29) is 18.0 Å². The third kappa shape index (κ3) is 5.88. The molecule has 0 saturated heterocycles. The molecule has 0 radical (unpaired) electrons. The average molecular weight is 486 g/mol. The number of carbonyl (C=O) groups is 3. The van der Waals surface area contributed by atoms with E-state index in [0.717, 1.165) is 0 Å². The zero-order valence-corrected chi connectivity index (χ0v) is 18.5. The summed E-state index contributed by atoms with van der Waals surface area (Å²) < 4.78 is 17.0. The summed E-state index contributed by atoms with van der Waals surface area (Å²) in [5, 5.41) is 0. The molecule has 4 rings (SSSR count). The fraction of sp³-hybridized carbons (Fsp3) is 0. The summed E-state index contributed by atoms with van der Waals surface area (Å²) in [6, 6.07) is 17.4. The zero-order valence-electron chi connectivity index (χ0n) is 18.5. The van der Waals surface area contributed by atoms with E-state index in [2.05, 4.69) is 15.0 Å². The molecule has 0 fully saturated rings. The molecule has 0 aliphatic carbocycles. The Morgan fingerprint density at radius 2 is 0.667 bits per heavy atom. The lowest BCUT2D eigenvalue weighted by molar-refractivity contribution is 0.0992. The van der Waals surface area contributed by atoms with Crippen molar-refractivity contribution in [3.8, 4) is 35.3 Å². The lowest BCUT2D eigenvalue weighted by atomic mass is 10.2. The van der Waals surface area contributed by atoms with Gasteiger partial charge in [0, 0.05) is 16.7 Å². The van der Waals surface area contributed by atoms with Gasteiger partial charge in [-0.1, -0.05) is 0 Å². The number of nitrogens with two attached hydrogens (primary N) is 3. The molecule has 4 aromatic rings. The van der Waals surface area contributed by atoms with Crippen LogP contribution in [-0.4, -0.2) is 32.7 Å². The molecular weight excluding hydrogens is 468 g/mol. The first-order valence-corrected chi connectivity index (χ1v) is 10.3. The van der Waals surface area contributed by atoms with Gasteiger partial charge in [0.15, 0.2) is 0 Å². The first-order valence-electron chi connectivity index (χ1n) is 10.3. The van der Waals surface area contributed by atoms with Crippen LogP contribution >= 0.6 is 0 Å². The van der Waals surface area contributed by atoms with E-state index in [1.165, 1.54) is 72.8 Å². The molecule has 0 aliphatic heterocycles. The summed E-state index contributed by atoms with van der Waals surface area (Å²) in [5.74, 6) is -0.840. The maximum Gasteiger partial charge on any atom is 0.331 e. The lowest BCUT2D eigenvalue weighted by Crippen LogP contribution is -2.10. The predicted octanol–water partition coefficient (Wildman–Crippen LogP) is 2.55. The van der Waals surface area contributed by atoms with E-state index in [9.17, 15) is 14.4 Å². The molecule has 0 bridgehead atoms. The van der Waals surface area contributed by atoms with E-state index >= 15 is 0 Å². The van der Waals surface area contributed by atoms with E-state index in [1.54, 1.807) is 0 Å². The third-order valence-electron chi connectivity index (χ3n) is 4.62. The molecule has 1 aromatic heterocycles. The molecule has 3 aromatic carbocycles. The van der Waals surface area contributed by atoms with Crippen LogP contribution in [0.15, 0.2) is 72.8 Å². The molecule has 12 nitrogen and oxygen atoms in total. The van der Waals surface area contributed by atoms with Crippen LogP contribution < -0.4 is 31.4 Å². The van der Waals surface area contributed by atoms with Crippen LogP contribution in [-0.2, 0) is 0 Å². The molecular formula is C24H18N6O6. The van der Waals surface area contributed by atoms with Crippen LogP contribution in [0.1, 0.15) is 31.1 Å². The first-order chi connectivity index (χ1) is 17.3. The second kappa shape index (κ2) is 10.2. The summed E-state index contributed by atoms with van der Waals surface area (Å²) in [5.41, 5.74) is 16.7. The van der Waals surface area contributed by atoms with Crippen LogP contribution in [0.2, 0.25) is 0 Å². The van der Waals surface area contributed by atoms with Crippen molar-refractivity contribution in [3.63, 3.8) is 0 Å². The van der Waals surface area contributed by atoms with Crippen LogP contribution in [0, 0.1) is 0 Å². The number of amides is 3. The number of rotatable bonds is 9. The summed E-state index contributed by atoms with van der Waals surface area (Å²) in [6.45, 7) is 0. The highest BCUT2D eigenvalue weighted by molar-refractivity contribution is 5.93. The first kappa shape index (κ1) is 23.6. The topological polar surface area (TPSA) is 196 Å². The van der Waals surface area contributed by atoms with Gasteiger partial charge in [-0.15, -0.1) is 15.0 Å². The van der Waals surface area contributed by atoms with Crippen molar-refractivity contribution in [2.45, 2.75) is 0 Å². The molecule has 12 heteroatoms. The minimum atomic E-state index is -0.585. The molecule has 0 spiro atoms. The van der Waals surface area contributed by atoms with E-state index in [4.69, 9.17) is 31.4 Å². The quantitative estimate of drug-likeness (QED) is 0.318. The van der Waals surface area contributed by atoms with Crippen molar-refractivity contribution in [3.05, 3.63) is 89.5 Å². The lowest BCUT2D eigenvalue weighted by Gasteiger charge is -2.10. The molecule has 6 N–H and O–H groups in total. The maximum atomic E-state index is 11.3. The summed E-state index contributed by atoms with van der Waals surface area (Å²) in [4.78, 5) is 46.2. The van der Waals surface area contributed by atoms with E-state index in [0.29, 0.717) is 33.9 Å². The standard InChI is InChI=1S/C24H18N6O6/c25-19(31)13-1-7-16(8-2-13)34-22-28-23(35-17-9-3-14(4-10-17)20(26)32)30-24(29-22)36-18-11-5-15(6-12-18)21(27)33/h1-12H,(H2,25,31)(H2,26,32)(H2,27,33). The molecule has 180 valence electrons. The number of aromatic nitrogens is 3. The smallest absolute Gasteiger partial charge is 0.331 e. The number of nitrogens with zero attached hydrogens (tertiary/aromatic N) is 3. The van der Waals surface area contributed by atoms with Gasteiger partial charge < -0.3 is 31.4 Å². The summed E-state index contributed by atoms with van der Waals surface area (Å²) in [6.07, 6.45) is 0. The maximum absolute atomic E-state index is 11.3. The van der Waals surface area contributed by atoms with Gasteiger partial charge in [0.25, 0.3) is 0 Å². The van der Waals surface area contributed by atoms with Crippen molar-refractivity contribution >= 4 is 17.7 Å². The van der Waals surface area contributed by atoms with Crippen molar-refractivity contribution in [2.24, 2.45) is 17.2 Å². The number of ether oxygens (including phenoxy) is 3. The highest BCUT2D eigenvalue weighted by atomic mass is 16.5. The molecule has 0 atom stereocenters. The van der Waals surface area contributed by atoms with Gasteiger partial charge in [0.1, 0.15) is 17.2 Å². The number of primary amides is 3. The van der Waals surface area contributed by atoms with Gasteiger partial charge in [0.05, 0.1) is 0 Å². The highest BCUT2D eigenvalue weighted by Crippen LogP contribution is 2.27. The highest BCUT2D eigenvalue weighted by Gasteiger charge is 2.14. The van der Waals surface area contributed by atoms with Crippen LogP contribution in [0.3, 0.4) is 0 Å². The molecule has 36 heavy (non-hydrogen) atoms.